The van der Waals surface area contributed by atoms with Crippen LogP contribution >= 0.6 is 11.8 Å². The highest BCUT2D eigenvalue weighted by Crippen LogP contribution is 2.28. The number of nitrogens with one attached hydrogen (secondary N) is 1. The van der Waals surface area contributed by atoms with Crippen LogP contribution < -0.4 is 5.32 Å². The van der Waals surface area contributed by atoms with Gasteiger partial charge in [-0.2, -0.15) is 0 Å². The summed E-state index contributed by atoms with van der Waals surface area (Å²) in [6.07, 6.45) is 1.92. The standard InChI is InChI=1S/C25H31N3O2S/c1-18-8-6-12-22(19(18)2)26-24(29)23-16-31-17-28(23)25(30)21-11-7-13-27(15-21)14-20-9-4-3-5-10-20/h3-6,8-10,12,21,23H,7,11,13-17H2,1-2H3,(H,26,29). The van der Waals surface area contributed by atoms with E-state index >= 15 is 0 Å². The molecule has 2 unspecified atom stereocenters. The zero-order valence-corrected chi connectivity index (χ0v) is 19.2. The summed E-state index contributed by atoms with van der Waals surface area (Å²) < 4.78 is 0. The van der Waals surface area contributed by atoms with E-state index in [0.717, 1.165) is 49.3 Å². The molecule has 0 spiro atoms. The van der Waals surface area contributed by atoms with E-state index in [0.29, 0.717) is 11.6 Å². The van der Waals surface area contributed by atoms with E-state index in [1.165, 1.54) is 5.56 Å². The van der Waals surface area contributed by atoms with Crippen molar-refractivity contribution in [2.24, 2.45) is 5.92 Å². The summed E-state index contributed by atoms with van der Waals surface area (Å²) in [6.45, 7) is 6.71. The van der Waals surface area contributed by atoms with E-state index in [-0.39, 0.29) is 17.7 Å². The molecule has 164 valence electrons. The van der Waals surface area contributed by atoms with Gasteiger partial charge in [0.1, 0.15) is 6.04 Å². The first-order valence-corrected chi connectivity index (χ1v) is 12.2. The average molecular weight is 438 g/mol. The number of amides is 2. The molecule has 2 heterocycles. The Labute approximate surface area is 189 Å². The van der Waals surface area contributed by atoms with Crippen molar-refractivity contribution in [1.82, 2.24) is 9.80 Å². The van der Waals surface area contributed by atoms with Gasteiger partial charge in [-0.05, 0) is 56.0 Å². The van der Waals surface area contributed by atoms with Gasteiger partial charge < -0.3 is 10.2 Å². The number of hydrogen-bond acceptors (Lipinski definition) is 4. The van der Waals surface area contributed by atoms with Crippen molar-refractivity contribution in [3.05, 3.63) is 65.2 Å². The van der Waals surface area contributed by atoms with E-state index in [4.69, 9.17) is 0 Å². The zero-order chi connectivity index (χ0) is 21.8. The van der Waals surface area contributed by atoms with Crippen molar-refractivity contribution < 1.29 is 9.59 Å². The minimum Gasteiger partial charge on any atom is -0.324 e. The summed E-state index contributed by atoms with van der Waals surface area (Å²) in [4.78, 5) is 30.6. The van der Waals surface area contributed by atoms with Crippen molar-refractivity contribution >= 4 is 29.3 Å². The molecule has 2 aliphatic heterocycles. The van der Waals surface area contributed by atoms with Gasteiger partial charge in [-0.1, -0.05) is 42.5 Å². The first kappa shape index (κ1) is 21.9. The predicted octanol–water partition coefficient (Wildman–Crippen LogP) is 4.06. The first-order valence-electron chi connectivity index (χ1n) is 11.0. The van der Waals surface area contributed by atoms with Crippen LogP contribution in [0.3, 0.4) is 0 Å². The van der Waals surface area contributed by atoms with Gasteiger partial charge in [0.25, 0.3) is 0 Å². The Morgan fingerprint density at radius 2 is 1.90 bits per heavy atom. The number of hydrogen-bond donors (Lipinski definition) is 1. The number of piperidine rings is 1. The molecule has 31 heavy (non-hydrogen) atoms. The zero-order valence-electron chi connectivity index (χ0n) is 18.3. The highest BCUT2D eigenvalue weighted by molar-refractivity contribution is 7.99. The molecule has 0 radical (unpaired) electrons. The molecule has 2 saturated heterocycles. The molecule has 2 aromatic rings. The number of benzene rings is 2. The van der Waals surface area contributed by atoms with Gasteiger partial charge in [-0.3, -0.25) is 14.5 Å². The second-order valence-corrected chi connectivity index (χ2v) is 9.62. The highest BCUT2D eigenvalue weighted by Gasteiger charge is 2.39. The second kappa shape index (κ2) is 9.88. The maximum absolute atomic E-state index is 13.4. The Hall–Kier alpha value is -2.31. The van der Waals surface area contributed by atoms with Crippen LogP contribution in [0.25, 0.3) is 0 Å². The molecular weight excluding hydrogens is 406 g/mol. The van der Waals surface area contributed by atoms with E-state index in [1.807, 2.05) is 43.0 Å². The molecular formula is C25H31N3O2S. The fraction of sp³-hybridized carbons (Fsp3) is 0.440. The first-order chi connectivity index (χ1) is 15.0. The molecule has 0 aliphatic carbocycles. The number of likely N-dealkylation sites (tertiary alicyclic amines) is 1. The van der Waals surface area contributed by atoms with Crippen molar-refractivity contribution in [2.75, 3.05) is 30.0 Å². The Morgan fingerprint density at radius 1 is 1.10 bits per heavy atom. The molecule has 0 bridgehead atoms. The largest absolute Gasteiger partial charge is 0.324 e. The van der Waals surface area contributed by atoms with Crippen LogP contribution in [0.1, 0.15) is 29.5 Å². The normalized spacial score (nSPS) is 21.8. The molecule has 2 amide bonds. The molecule has 2 atom stereocenters. The van der Waals surface area contributed by atoms with E-state index in [1.54, 1.807) is 11.8 Å². The average Bonchev–Trinajstić information content (AvgIpc) is 3.27. The van der Waals surface area contributed by atoms with Gasteiger partial charge in [-0.25, -0.2) is 0 Å². The lowest BCUT2D eigenvalue weighted by Crippen LogP contribution is -2.50. The van der Waals surface area contributed by atoms with Crippen LogP contribution in [0.15, 0.2) is 48.5 Å². The fourth-order valence-corrected chi connectivity index (χ4v) is 5.62. The van der Waals surface area contributed by atoms with Gasteiger partial charge >= 0.3 is 0 Å². The molecule has 2 aliphatic rings. The third-order valence-electron chi connectivity index (χ3n) is 6.43. The molecule has 2 fully saturated rings. The maximum atomic E-state index is 13.4. The Balaban J connectivity index is 1.40. The summed E-state index contributed by atoms with van der Waals surface area (Å²) in [5.74, 6) is 1.27. The number of carbonyl (C=O) groups excluding carboxylic acids is 2. The molecule has 2 aromatic carbocycles. The van der Waals surface area contributed by atoms with Gasteiger partial charge in [0.2, 0.25) is 11.8 Å². The van der Waals surface area contributed by atoms with E-state index < -0.39 is 6.04 Å². The predicted molar refractivity (Wildman–Crippen MR) is 127 cm³/mol. The quantitative estimate of drug-likeness (QED) is 0.767. The third-order valence-corrected chi connectivity index (χ3v) is 7.45. The smallest absolute Gasteiger partial charge is 0.248 e. The van der Waals surface area contributed by atoms with Crippen molar-refractivity contribution in [3.8, 4) is 0 Å². The van der Waals surface area contributed by atoms with Gasteiger partial charge in [0.05, 0.1) is 11.8 Å². The Bertz CT molecular complexity index is 934. The minimum atomic E-state index is -0.401. The topological polar surface area (TPSA) is 52.7 Å². The van der Waals surface area contributed by atoms with Crippen LogP contribution in [0.2, 0.25) is 0 Å². The van der Waals surface area contributed by atoms with Crippen LogP contribution in [-0.2, 0) is 16.1 Å². The number of nitrogens with zero attached hydrogens (tertiary/aromatic N) is 2. The van der Waals surface area contributed by atoms with Crippen LogP contribution in [0.5, 0.6) is 0 Å². The molecule has 1 N–H and O–H groups in total. The lowest BCUT2D eigenvalue weighted by molar-refractivity contribution is -0.141. The molecule has 5 nitrogen and oxygen atoms in total. The van der Waals surface area contributed by atoms with Crippen molar-refractivity contribution in [2.45, 2.75) is 39.3 Å². The second-order valence-electron chi connectivity index (χ2n) is 8.62. The minimum absolute atomic E-state index is 0.0350. The van der Waals surface area contributed by atoms with Crippen LogP contribution in [0, 0.1) is 19.8 Å². The number of thioether (sulfide) groups is 1. The summed E-state index contributed by atoms with van der Waals surface area (Å²) in [6, 6.07) is 15.9. The third kappa shape index (κ3) is 5.13. The molecule has 0 aromatic heterocycles. The SMILES string of the molecule is Cc1cccc(NC(=O)C2CSCN2C(=O)C2CCCN(Cc3ccccc3)C2)c1C. The summed E-state index contributed by atoms with van der Waals surface area (Å²) in [7, 11) is 0. The van der Waals surface area contributed by atoms with E-state index in [9.17, 15) is 9.59 Å². The molecule has 4 rings (SSSR count). The van der Waals surface area contributed by atoms with Crippen molar-refractivity contribution in [1.29, 1.82) is 0 Å². The summed E-state index contributed by atoms with van der Waals surface area (Å²) in [5, 5.41) is 3.07. The number of carbonyl (C=O) groups is 2. The fourth-order valence-electron chi connectivity index (χ4n) is 4.46. The number of rotatable bonds is 5. The Kier molecular flexibility index (Phi) is 6.98. The number of aryl methyl sites for hydroxylation is 1. The lowest BCUT2D eigenvalue weighted by Gasteiger charge is -2.35. The molecule has 6 heteroatoms. The van der Waals surface area contributed by atoms with Crippen molar-refractivity contribution in [3.63, 3.8) is 0 Å². The summed E-state index contributed by atoms with van der Waals surface area (Å²) >= 11 is 1.66. The summed E-state index contributed by atoms with van der Waals surface area (Å²) in [5.41, 5.74) is 4.33. The maximum Gasteiger partial charge on any atom is 0.248 e. The monoisotopic (exact) mass is 437 g/mol. The van der Waals surface area contributed by atoms with Gasteiger partial charge in [0.15, 0.2) is 0 Å². The van der Waals surface area contributed by atoms with E-state index in [2.05, 4.69) is 34.5 Å². The number of anilines is 1. The lowest BCUT2D eigenvalue weighted by atomic mass is 9.95. The molecule has 0 saturated carbocycles. The van der Waals surface area contributed by atoms with Crippen LogP contribution in [0.4, 0.5) is 5.69 Å². The van der Waals surface area contributed by atoms with Gasteiger partial charge in [0, 0.05) is 24.5 Å². The highest BCUT2D eigenvalue weighted by atomic mass is 32.2. The van der Waals surface area contributed by atoms with Crippen LogP contribution in [-0.4, -0.2) is 52.4 Å². The van der Waals surface area contributed by atoms with Gasteiger partial charge in [-0.15, -0.1) is 11.8 Å². The Morgan fingerprint density at radius 3 is 2.71 bits per heavy atom.